The van der Waals surface area contributed by atoms with Gasteiger partial charge in [-0.1, -0.05) is 26.2 Å². The van der Waals surface area contributed by atoms with Crippen molar-refractivity contribution < 1.29 is 9.53 Å². The first kappa shape index (κ1) is 10.0. The van der Waals surface area contributed by atoms with Gasteiger partial charge in [0.25, 0.3) is 0 Å². The zero-order valence-electron chi connectivity index (χ0n) is 7.14. The van der Waals surface area contributed by atoms with Crippen LogP contribution in [-0.4, -0.2) is 12.6 Å². The monoisotopic (exact) mass is 154 g/mol. The van der Waals surface area contributed by atoms with E-state index in [9.17, 15) is 4.79 Å². The first-order valence-electron chi connectivity index (χ1n) is 3.96. The lowest BCUT2D eigenvalue weighted by Gasteiger charge is -1.96. The van der Waals surface area contributed by atoms with E-state index >= 15 is 0 Å². The predicted molar refractivity (Wildman–Crippen MR) is 43.9 cm³/mol. The van der Waals surface area contributed by atoms with Crippen LogP contribution >= 0.6 is 0 Å². The van der Waals surface area contributed by atoms with Crippen LogP contribution in [0.15, 0.2) is 0 Å². The number of carbonyl (C=O) groups excluding carboxylic acids is 1. The molecule has 0 aromatic rings. The lowest BCUT2D eigenvalue weighted by Crippen LogP contribution is -2.02. The van der Waals surface area contributed by atoms with Crippen LogP contribution in [0.4, 0.5) is 0 Å². The van der Waals surface area contributed by atoms with Gasteiger partial charge in [-0.3, -0.25) is 0 Å². The van der Waals surface area contributed by atoms with E-state index in [0.29, 0.717) is 13.0 Å². The van der Waals surface area contributed by atoms with Crippen LogP contribution in [-0.2, 0) is 9.53 Å². The minimum atomic E-state index is -0.402. The number of ether oxygens (including phenoxy) is 1. The summed E-state index contributed by atoms with van der Waals surface area (Å²) in [4.78, 5) is 10.7. The molecule has 0 saturated heterocycles. The molecule has 0 spiro atoms. The number of unbranched alkanes of at least 4 members (excludes halogenated alkanes) is 1. The molecule has 2 nitrogen and oxygen atoms in total. The molecule has 2 heteroatoms. The molecule has 0 aromatic heterocycles. The van der Waals surface area contributed by atoms with E-state index in [4.69, 9.17) is 4.74 Å². The van der Waals surface area contributed by atoms with E-state index in [2.05, 4.69) is 11.8 Å². The molecule has 0 aliphatic heterocycles. The van der Waals surface area contributed by atoms with Crippen molar-refractivity contribution in [3.63, 3.8) is 0 Å². The fourth-order valence-electron chi connectivity index (χ4n) is 0.506. The Hall–Kier alpha value is -0.970. The molecule has 0 amide bonds. The summed E-state index contributed by atoms with van der Waals surface area (Å²) in [6.07, 6.45) is 2.65. The van der Waals surface area contributed by atoms with Gasteiger partial charge >= 0.3 is 5.97 Å². The van der Waals surface area contributed by atoms with Crippen LogP contribution in [0.1, 0.15) is 33.1 Å². The maximum absolute atomic E-state index is 10.7. The van der Waals surface area contributed by atoms with Gasteiger partial charge < -0.3 is 4.74 Å². The number of rotatable bonds is 3. The maximum atomic E-state index is 10.7. The molecule has 0 aromatic carbocycles. The minimum absolute atomic E-state index is 0.402. The molecule has 11 heavy (non-hydrogen) atoms. The highest BCUT2D eigenvalue weighted by Crippen LogP contribution is 1.87. The van der Waals surface area contributed by atoms with Crippen molar-refractivity contribution in [3.8, 4) is 11.8 Å². The van der Waals surface area contributed by atoms with Crippen LogP contribution in [0.2, 0.25) is 0 Å². The van der Waals surface area contributed by atoms with Crippen molar-refractivity contribution in [2.75, 3.05) is 6.61 Å². The highest BCUT2D eigenvalue weighted by molar-refractivity contribution is 5.88. The van der Waals surface area contributed by atoms with E-state index in [-0.39, 0.29) is 0 Å². The summed E-state index contributed by atoms with van der Waals surface area (Å²) in [5, 5.41) is 0. The van der Waals surface area contributed by atoms with E-state index in [1.807, 2.05) is 13.8 Å². The summed E-state index contributed by atoms with van der Waals surface area (Å²) >= 11 is 0. The van der Waals surface area contributed by atoms with E-state index in [1.54, 1.807) is 0 Å². The molecular formula is C9H14O2. The second-order valence-corrected chi connectivity index (χ2v) is 2.14. The first-order chi connectivity index (χ1) is 5.31. The molecule has 0 aliphatic carbocycles. The summed E-state index contributed by atoms with van der Waals surface area (Å²) in [5.41, 5.74) is 0. The normalized spacial score (nSPS) is 8.18. The second kappa shape index (κ2) is 7.14. The summed E-state index contributed by atoms with van der Waals surface area (Å²) in [6, 6.07) is 0. The molecule has 0 rings (SSSR count). The number of carbonyl (C=O) groups is 1. The second-order valence-electron chi connectivity index (χ2n) is 2.14. The average Bonchev–Trinajstić information content (AvgIpc) is 2.01. The summed E-state index contributed by atoms with van der Waals surface area (Å²) in [6.45, 7) is 4.44. The highest BCUT2D eigenvalue weighted by Gasteiger charge is 1.93. The number of hydrogen-bond donors (Lipinski definition) is 0. The van der Waals surface area contributed by atoms with Crippen molar-refractivity contribution >= 4 is 5.97 Å². The van der Waals surface area contributed by atoms with Crippen LogP contribution in [0, 0.1) is 11.8 Å². The highest BCUT2D eigenvalue weighted by atomic mass is 16.5. The molecule has 0 bridgehead atoms. The fraction of sp³-hybridized carbons (Fsp3) is 0.667. The molecular weight excluding hydrogens is 140 g/mol. The van der Waals surface area contributed by atoms with Crippen LogP contribution in [0.3, 0.4) is 0 Å². The Balaban J connectivity index is 3.37. The lowest BCUT2D eigenvalue weighted by molar-refractivity contribution is -0.136. The smallest absolute Gasteiger partial charge is 0.384 e. The third-order valence-corrected chi connectivity index (χ3v) is 1.10. The summed E-state index contributed by atoms with van der Waals surface area (Å²) in [7, 11) is 0. The van der Waals surface area contributed by atoms with Crippen molar-refractivity contribution in [3.05, 3.63) is 0 Å². The first-order valence-corrected chi connectivity index (χ1v) is 3.96. The average molecular weight is 154 g/mol. The summed E-state index contributed by atoms with van der Waals surface area (Å²) < 4.78 is 4.77. The maximum Gasteiger partial charge on any atom is 0.384 e. The van der Waals surface area contributed by atoms with Gasteiger partial charge in [-0.25, -0.2) is 4.79 Å². The van der Waals surface area contributed by atoms with E-state index in [0.717, 1.165) is 12.8 Å². The molecule has 0 atom stereocenters. The predicted octanol–water partition coefficient (Wildman–Crippen LogP) is 1.74. The van der Waals surface area contributed by atoms with E-state index < -0.39 is 5.97 Å². The number of hydrogen-bond acceptors (Lipinski definition) is 2. The molecule has 62 valence electrons. The van der Waals surface area contributed by atoms with Gasteiger partial charge in [-0.05, 0) is 6.42 Å². The zero-order valence-corrected chi connectivity index (χ0v) is 7.14. The Morgan fingerprint density at radius 1 is 1.45 bits per heavy atom. The van der Waals surface area contributed by atoms with Crippen LogP contribution in [0.5, 0.6) is 0 Å². The van der Waals surface area contributed by atoms with Gasteiger partial charge in [0.05, 0.1) is 6.61 Å². The largest absolute Gasteiger partial charge is 0.456 e. The molecule has 0 heterocycles. The Kier molecular flexibility index (Phi) is 6.51. The zero-order chi connectivity index (χ0) is 8.53. The quantitative estimate of drug-likeness (QED) is 0.268. The van der Waals surface area contributed by atoms with Gasteiger partial charge in [0.15, 0.2) is 0 Å². The van der Waals surface area contributed by atoms with Gasteiger partial charge in [0.2, 0.25) is 0 Å². The third kappa shape index (κ3) is 6.92. The van der Waals surface area contributed by atoms with Gasteiger partial charge in [0.1, 0.15) is 0 Å². The van der Waals surface area contributed by atoms with E-state index in [1.165, 1.54) is 0 Å². The standard InChI is InChI=1S/C9H14O2/c1-3-5-7-9(10)11-8-6-4-2/h3-4,6,8H2,1-2H3. The molecule has 0 radical (unpaired) electrons. The van der Waals surface area contributed by atoms with Crippen LogP contribution < -0.4 is 0 Å². The topological polar surface area (TPSA) is 26.3 Å². The fourth-order valence-corrected chi connectivity index (χ4v) is 0.506. The van der Waals surface area contributed by atoms with Crippen molar-refractivity contribution in [1.29, 1.82) is 0 Å². The Morgan fingerprint density at radius 2 is 2.18 bits per heavy atom. The van der Waals surface area contributed by atoms with Crippen molar-refractivity contribution in [2.24, 2.45) is 0 Å². The van der Waals surface area contributed by atoms with Gasteiger partial charge in [0, 0.05) is 12.3 Å². The Labute approximate surface area is 67.9 Å². The number of esters is 1. The molecule has 0 fully saturated rings. The summed E-state index contributed by atoms with van der Waals surface area (Å²) in [5.74, 6) is 4.63. The van der Waals surface area contributed by atoms with Crippen molar-refractivity contribution in [2.45, 2.75) is 33.1 Å². The molecule has 0 N–H and O–H groups in total. The molecule has 0 saturated carbocycles. The lowest BCUT2D eigenvalue weighted by atomic mass is 10.4. The SMILES string of the molecule is CCC#CC(=O)OCCCC. The molecule has 0 aliphatic rings. The third-order valence-electron chi connectivity index (χ3n) is 1.10. The Bertz CT molecular complexity index is 162. The van der Waals surface area contributed by atoms with Gasteiger partial charge in [-0.15, -0.1) is 0 Å². The van der Waals surface area contributed by atoms with Crippen LogP contribution in [0.25, 0.3) is 0 Å². The van der Waals surface area contributed by atoms with Gasteiger partial charge in [-0.2, -0.15) is 0 Å². The van der Waals surface area contributed by atoms with Crippen molar-refractivity contribution in [1.82, 2.24) is 0 Å². The minimum Gasteiger partial charge on any atom is -0.456 e. The molecule has 0 unspecified atom stereocenters. The Morgan fingerprint density at radius 3 is 2.73 bits per heavy atom.